The van der Waals surface area contributed by atoms with Crippen LogP contribution in [0.5, 0.6) is 0 Å². The second-order valence-corrected chi connectivity index (χ2v) is 3.70. The van der Waals surface area contributed by atoms with Crippen molar-refractivity contribution in [2.75, 3.05) is 0 Å². The van der Waals surface area contributed by atoms with E-state index in [-0.39, 0.29) is 0 Å². The highest BCUT2D eigenvalue weighted by molar-refractivity contribution is 6.36. The molecule has 2 heteroatoms. The summed E-state index contributed by atoms with van der Waals surface area (Å²) >= 11 is 0. The molecule has 2 aromatic rings. The molecule has 0 heterocycles. The molecule has 80 valence electrons. The largest absolute Gasteiger partial charge is 0.294 e. The van der Waals surface area contributed by atoms with Gasteiger partial charge in [0, 0.05) is 5.56 Å². The van der Waals surface area contributed by atoms with Gasteiger partial charge in [-0.25, -0.2) is 0 Å². The highest BCUT2D eigenvalue weighted by Crippen LogP contribution is 2.20. The van der Waals surface area contributed by atoms with Gasteiger partial charge in [-0.2, -0.15) is 0 Å². The smallest absolute Gasteiger partial charge is 0.225 e. The van der Waals surface area contributed by atoms with Gasteiger partial charge in [-0.15, -0.1) is 0 Å². The van der Waals surface area contributed by atoms with Gasteiger partial charge in [0.15, 0.2) is 6.29 Å². The van der Waals surface area contributed by atoms with Crippen LogP contribution in [0, 0.1) is 0 Å². The Morgan fingerprint density at radius 2 is 2.06 bits per heavy atom. The lowest BCUT2D eigenvalue weighted by atomic mass is 9.99. The summed E-state index contributed by atoms with van der Waals surface area (Å²) in [6, 6.07) is 11.4. The summed E-state index contributed by atoms with van der Waals surface area (Å²) in [5.41, 5.74) is 1.65. The van der Waals surface area contributed by atoms with Crippen LogP contribution in [0.25, 0.3) is 10.8 Å². The Bertz CT molecular complexity index is 556. The van der Waals surface area contributed by atoms with Gasteiger partial charge in [-0.05, 0) is 22.8 Å². The first-order chi connectivity index (χ1) is 7.76. The van der Waals surface area contributed by atoms with Crippen LogP contribution in [0.1, 0.15) is 22.8 Å². The van der Waals surface area contributed by atoms with Crippen molar-refractivity contribution >= 4 is 22.8 Å². The van der Waals surface area contributed by atoms with Crippen molar-refractivity contribution in [1.29, 1.82) is 0 Å². The third-order valence-electron chi connectivity index (χ3n) is 2.73. The molecule has 0 unspecified atom stereocenters. The van der Waals surface area contributed by atoms with Crippen LogP contribution in [0.15, 0.2) is 36.4 Å². The van der Waals surface area contributed by atoms with Crippen molar-refractivity contribution in [2.24, 2.45) is 0 Å². The molecule has 0 N–H and O–H groups in total. The summed E-state index contributed by atoms with van der Waals surface area (Å²) in [6.45, 7) is 2.06. The molecule has 0 aliphatic carbocycles. The van der Waals surface area contributed by atoms with Gasteiger partial charge in [0.05, 0.1) is 0 Å². The number of aldehydes is 1. The van der Waals surface area contributed by atoms with Gasteiger partial charge in [0.2, 0.25) is 5.78 Å². The third kappa shape index (κ3) is 1.74. The quantitative estimate of drug-likeness (QED) is 0.445. The van der Waals surface area contributed by atoms with Crippen LogP contribution in [0.2, 0.25) is 0 Å². The lowest BCUT2D eigenvalue weighted by Crippen LogP contribution is -2.00. The van der Waals surface area contributed by atoms with E-state index in [0.717, 1.165) is 17.2 Å². The third-order valence-corrected chi connectivity index (χ3v) is 2.73. The fraction of sp³-hybridized carbons (Fsp3) is 0.143. The summed E-state index contributed by atoms with van der Waals surface area (Å²) in [4.78, 5) is 22.0. The van der Waals surface area contributed by atoms with E-state index in [1.165, 1.54) is 5.56 Å². The van der Waals surface area contributed by atoms with Gasteiger partial charge in [0.25, 0.3) is 0 Å². The standard InChI is InChI=1S/C14H12O2/c1-2-10-6-7-11-4-3-5-12(13(11)8-10)14(16)9-15/h3-9H,2H2,1H3. The number of ketones is 1. The van der Waals surface area contributed by atoms with Crippen LogP contribution in [0.4, 0.5) is 0 Å². The van der Waals surface area contributed by atoms with Crippen LogP contribution >= 0.6 is 0 Å². The molecule has 2 nitrogen and oxygen atoms in total. The lowest BCUT2D eigenvalue weighted by Gasteiger charge is -2.04. The maximum absolute atomic E-state index is 11.5. The summed E-state index contributed by atoms with van der Waals surface area (Å²) in [6.07, 6.45) is 1.28. The number of aryl methyl sites for hydroxylation is 1. The number of benzene rings is 2. The normalized spacial score (nSPS) is 10.3. The number of fused-ring (bicyclic) bond motifs is 1. The zero-order valence-corrected chi connectivity index (χ0v) is 9.07. The van der Waals surface area contributed by atoms with E-state index in [0.29, 0.717) is 11.8 Å². The monoisotopic (exact) mass is 212 g/mol. The fourth-order valence-corrected chi connectivity index (χ4v) is 1.82. The fourth-order valence-electron chi connectivity index (χ4n) is 1.82. The van der Waals surface area contributed by atoms with Crippen LogP contribution in [-0.4, -0.2) is 12.1 Å². The number of hydrogen-bond donors (Lipinski definition) is 0. The van der Waals surface area contributed by atoms with Gasteiger partial charge in [0.1, 0.15) is 0 Å². The summed E-state index contributed by atoms with van der Waals surface area (Å²) in [7, 11) is 0. The highest BCUT2D eigenvalue weighted by atomic mass is 16.2. The molecule has 0 bridgehead atoms. The molecule has 0 saturated carbocycles. The van der Waals surface area contributed by atoms with Crippen molar-refractivity contribution in [3.8, 4) is 0 Å². The van der Waals surface area contributed by atoms with Crippen LogP contribution in [-0.2, 0) is 11.2 Å². The average molecular weight is 212 g/mol. The molecule has 16 heavy (non-hydrogen) atoms. The van der Waals surface area contributed by atoms with E-state index in [2.05, 4.69) is 6.92 Å². The first-order valence-corrected chi connectivity index (χ1v) is 5.27. The van der Waals surface area contributed by atoms with Crippen molar-refractivity contribution in [3.05, 3.63) is 47.5 Å². The average Bonchev–Trinajstić information content (AvgIpc) is 2.36. The van der Waals surface area contributed by atoms with E-state index in [9.17, 15) is 9.59 Å². The molecular formula is C14H12O2. The van der Waals surface area contributed by atoms with Crippen molar-refractivity contribution in [3.63, 3.8) is 0 Å². The number of Topliss-reactive ketones (excluding diaryl/α,β-unsaturated/α-hetero) is 1. The van der Waals surface area contributed by atoms with E-state index < -0.39 is 5.78 Å². The number of carbonyl (C=O) groups excluding carboxylic acids is 2. The predicted molar refractivity (Wildman–Crippen MR) is 63.7 cm³/mol. The van der Waals surface area contributed by atoms with E-state index in [1.807, 2.05) is 24.3 Å². The second kappa shape index (κ2) is 4.27. The maximum atomic E-state index is 11.5. The minimum Gasteiger partial charge on any atom is -0.294 e. The molecule has 0 fully saturated rings. The van der Waals surface area contributed by atoms with Gasteiger partial charge >= 0.3 is 0 Å². The molecule has 2 rings (SSSR count). The number of hydrogen-bond acceptors (Lipinski definition) is 2. The zero-order valence-electron chi connectivity index (χ0n) is 9.07. The summed E-state index contributed by atoms with van der Waals surface area (Å²) in [5, 5.41) is 1.85. The first kappa shape index (κ1) is 10.6. The SMILES string of the molecule is CCc1ccc2cccc(C(=O)C=O)c2c1. The molecule has 0 aromatic heterocycles. The van der Waals surface area contributed by atoms with Gasteiger partial charge in [-0.1, -0.05) is 43.3 Å². The molecule has 0 spiro atoms. The van der Waals surface area contributed by atoms with Crippen molar-refractivity contribution in [1.82, 2.24) is 0 Å². The van der Waals surface area contributed by atoms with E-state index >= 15 is 0 Å². The number of rotatable bonds is 3. The van der Waals surface area contributed by atoms with Crippen molar-refractivity contribution in [2.45, 2.75) is 13.3 Å². The highest BCUT2D eigenvalue weighted by Gasteiger charge is 2.08. The summed E-state index contributed by atoms with van der Waals surface area (Å²) in [5.74, 6) is -0.459. The Hall–Kier alpha value is -1.96. The first-order valence-electron chi connectivity index (χ1n) is 5.27. The van der Waals surface area contributed by atoms with Crippen molar-refractivity contribution < 1.29 is 9.59 Å². The second-order valence-electron chi connectivity index (χ2n) is 3.70. The predicted octanol–water partition coefficient (Wildman–Crippen LogP) is 2.78. The molecule has 0 radical (unpaired) electrons. The molecule has 0 atom stereocenters. The Morgan fingerprint density at radius 1 is 1.25 bits per heavy atom. The zero-order chi connectivity index (χ0) is 11.5. The Labute approximate surface area is 93.9 Å². The van der Waals surface area contributed by atoms with Gasteiger partial charge < -0.3 is 0 Å². The minimum atomic E-state index is -0.459. The molecule has 2 aromatic carbocycles. The number of carbonyl (C=O) groups is 2. The molecular weight excluding hydrogens is 200 g/mol. The van der Waals surface area contributed by atoms with Crippen LogP contribution in [0.3, 0.4) is 0 Å². The molecule has 0 saturated heterocycles. The minimum absolute atomic E-state index is 0.368. The van der Waals surface area contributed by atoms with Crippen LogP contribution < -0.4 is 0 Å². The Balaban J connectivity index is 2.73. The van der Waals surface area contributed by atoms with E-state index in [4.69, 9.17) is 0 Å². The Morgan fingerprint density at radius 3 is 2.75 bits per heavy atom. The molecule has 0 aliphatic rings. The molecule has 0 aliphatic heterocycles. The maximum Gasteiger partial charge on any atom is 0.225 e. The topological polar surface area (TPSA) is 34.1 Å². The van der Waals surface area contributed by atoms with E-state index in [1.54, 1.807) is 12.1 Å². The lowest BCUT2D eigenvalue weighted by molar-refractivity contribution is -0.104. The Kier molecular flexibility index (Phi) is 2.82. The van der Waals surface area contributed by atoms with Gasteiger partial charge in [-0.3, -0.25) is 9.59 Å². The summed E-state index contributed by atoms with van der Waals surface area (Å²) < 4.78 is 0. The molecule has 0 amide bonds.